The van der Waals surface area contributed by atoms with Crippen LogP contribution in [0, 0.1) is 12.7 Å². The molecule has 1 aliphatic carbocycles. The maximum absolute atomic E-state index is 14.8. The van der Waals surface area contributed by atoms with Crippen LogP contribution in [0.5, 0.6) is 11.5 Å². The molecule has 0 spiro atoms. The predicted molar refractivity (Wildman–Crippen MR) is 94.2 cm³/mol. The van der Waals surface area contributed by atoms with Crippen molar-refractivity contribution in [2.24, 2.45) is 0 Å². The largest absolute Gasteiger partial charge is 0.464 e. The normalized spacial score (nSPS) is 13.9. The summed E-state index contributed by atoms with van der Waals surface area (Å²) in [6.45, 7) is 2.26. The number of aryl methyl sites for hydroxylation is 1. The van der Waals surface area contributed by atoms with Crippen LogP contribution in [-0.2, 0) is 6.54 Å². The number of nitrogens with zero attached hydrogens (tertiary/aromatic N) is 2. The average molecular weight is 355 g/mol. The second kappa shape index (κ2) is 6.42. The lowest BCUT2D eigenvalue weighted by Crippen LogP contribution is -2.16. The van der Waals surface area contributed by atoms with Gasteiger partial charge in [0.2, 0.25) is 0 Å². The SMILES string of the molecule is Cc1cc2c(F)c(Oc3ccnc(CNC4CC4)c3)ccc2n1C(=O)O. The molecule has 6 nitrogen and oxygen atoms in total. The Balaban J connectivity index is 1.62. The summed E-state index contributed by atoms with van der Waals surface area (Å²) in [6.07, 6.45) is 2.86. The van der Waals surface area contributed by atoms with Gasteiger partial charge in [0.05, 0.1) is 11.2 Å². The van der Waals surface area contributed by atoms with Gasteiger partial charge in [0.1, 0.15) is 5.75 Å². The first-order valence-electron chi connectivity index (χ1n) is 8.43. The number of rotatable bonds is 5. The molecule has 2 N–H and O–H groups in total. The minimum absolute atomic E-state index is 0.0485. The highest BCUT2D eigenvalue weighted by molar-refractivity contribution is 5.91. The van der Waals surface area contributed by atoms with Crippen LogP contribution in [0.1, 0.15) is 24.2 Å². The van der Waals surface area contributed by atoms with Gasteiger partial charge in [-0.2, -0.15) is 0 Å². The number of carbonyl (C=O) groups is 1. The Morgan fingerprint density at radius 3 is 2.92 bits per heavy atom. The maximum atomic E-state index is 14.8. The van der Waals surface area contributed by atoms with Gasteiger partial charge in [-0.3, -0.25) is 4.98 Å². The van der Waals surface area contributed by atoms with E-state index in [0.717, 1.165) is 10.3 Å². The smallest absolute Gasteiger partial charge is 0.416 e. The van der Waals surface area contributed by atoms with Crippen molar-refractivity contribution in [1.29, 1.82) is 0 Å². The zero-order valence-corrected chi connectivity index (χ0v) is 14.2. The first-order chi connectivity index (χ1) is 12.5. The summed E-state index contributed by atoms with van der Waals surface area (Å²) in [6, 6.07) is 8.50. The molecule has 1 fully saturated rings. The monoisotopic (exact) mass is 355 g/mol. The topological polar surface area (TPSA) is 76.4 Å². The van der Waals surface area contributed by atoms with Crippen molar-refractivity contribution in [2.75, 3.05) is 0 Å². The molecule has 1 aliphatic rings. The second-order valence-corrected chi connectivity index (χ2v) is 6.45. The van der Waals surface area contributed by atoms with Crippen LogP contribution >= 0.6 is 0 Å². The molecular formula is C19H18FN3O3. The molecule has 134 valence electrons. The number of pyridine rings is 1. The molecule has 0 radical (unpaired) electrons. The number of carboxylic acid groups (broad SMARTS) is 1. The van der Waals surface area contributed by atoms with Crippen LogP contribution in [0.4, 0.5) is 9.18 Å². The van der Waals surface area contributed by atoms with Crippen LogP contribution in [-0.4, -0.2) is 26.8 Å². The first-order valence-corrected chi connectivity index (χ1v) is 8.43. The van der Waals surface area contributed by atoms with E-state index in [9.17, 15) is 14.3 Å². The van der Waals surface area contributed by atoms with Crippen molar-refractivity contribution in [1.82, 2.24) is 14.9 Å². The highest BCUT2D eigenvalue weighted by Gasteiger charge is 2.20. The van der Waals surface area contributed by atoms with E-state index in [2.05, 4.69) is 10.3 Å². The third-order valence-electron chi connectivity index (χ3n) is 4.42. The second-order valence-electron chi connectivity index (χ2n) is 6.45. The van der Waals surface area contributed by atoms with Crippen LogP contribution < -0.4 is 10.1 Å². The molecule has 1 saturated carbocycles. The Kier molecular flexibility index (Phi) is 4.08. The Labute approximate surface area is 149 Å². The predicted octanol–water partition coefficient (Wildman–Crippen LogP) is 4.05. The lowest BCUT2D eigenvalue weighted by Gasteiger charge is -2.09. The van der Waals surface area contributed by atoms with E-state index in [-0.39, 0.29) is 11.1 Å². The van der Waals surface area contributed by atoms with Crippen molar-refractivity contribution in [3.05, 3.63) is 53.7 Å². The number of fused-ring (bicyclic) bond motifs is 1. The summed E-state index contributed by atoms with van der Waals surface area (Å²) >= 11 is 0. The minimum Gasteiger partial charge on any atom is -0.464 e. The van der Waals surface area contributed by atoms with Crippen LogP contribution in [0.15, 0.2) is 36.5 Å². The van der Waals surface area contributed by atoms with Crippen LogP contribution in [0.2, 0.25) is 0 Å². The van der Waals surface area contributed by atoms with Gasteiger partial charge in [0.25, 0.3) is 0 Å². The van der Waals surface area contributed by atoms with Crippen molar-refractivity contribution < 1.29 is 19.0 Å². The Morgan fingerprint density at radius 1 is 1.38 bits per heavy atom. The fraction of sp³-hybridized carbons (Fsp3) is 0.263. The van der Waals surface area contributed by atoms with Gasteiger partial charge < -0.3 is 15.2 Å². The van der Waals surface area contributed by atoms with E-state index in [1.807, 2.05) is 0 Å². The molecule has 0 saturated heterocycles. The summed E-state index contributed by atoms with van der Waals surface area (Å²) in [4.78, 5) is 15.6. The van der Waals surface area contributed by atoms with E-state index < -0.39 is 11.9 Å². The molecule has 7 heteroatoms. The van der Waals surface area contributed by atoms with Crippen molar-refractivity contribution in [3.8, 4) is 11.5 Å². The molecule has 3 aromatic rings. The highest BCUT2D eigenvalue weighted by atomic mass is 19.1. The summed E-state index contributed by atoms with van der Waals surface area (Å²) < 4.78 is 21.6. The maximum Gasteiger partial charge on any atom is 0.416 e. The van der Waals surface area contributed by atoms with E-state index in [4.69, 9.17) is 4.74 Å². The van der Waals surface area contributed by atoms with Crippen molar-refractivity contribution in [3.63, 3.8) is 0 Å². The molecule has 26 heavy (non-hydrogen) atoms. The Hall–Kier alpha value is -2.93. The lowest BCUT2D eigenvalue weighted by atomic mass is 10.2. The zero-order chi connectivity index (χ0) is 18.3. The average Bonchev–Trinajstić information content (AvgIpc) is 3.37. The number of nitrogens with one attached hydrogen (secondary N) is 1. The molecule has 0 aliphatic heterocycles. The molecule has 2 heterocycles. The van der Waals surface area contributed by atoms with Gasteiger partial charge >= 0.3 is 6.09 Å². The van der Waals surface area contributed by atoms with E-state index in [0.29, 0.717) is 29.5 Å². The van der Waals surface area contributed by atoms with Crippen LogP contribution in [0.25, 0.3) is 10.9 Å². The summed E-state index contributed by atoms with van der Waals surface area (Å²) in [5, 5.41) is 12.9. The van der Waals surface area contributed by atoms with Gasteiger partial charge in [-0.15, -0.1) is 0 Å². The highest BCUT2D eigenvalue weighted by Crippen LogP contribution is 2.32. The standard InChI is InChI=1S/C19H18FN3O3/c1-11-8-15-16(23(11)19(24)25)4-5-17(18(15)20)26-14-6-7-21-13(9-14)10-22-12-2-3-12/h4-9,12,22H,2-3,10H2,1H3,(H,24,25). The van der Waals surface area contributed by atoms with Gasteiger partial charge in [0.15, 0.2) is 11.6 Å². The van der Waals surface area contributed by atoms with Crippen molar-refractivity contribution in [2.45, 2.75) is 32.4 Å². The summed E-state index contributed by atoms with van der Waals surface area (Å²) in [5.74, 6) is -0.0485. The fourth-order valence-corrected chi connectivity index (χ4v) is 2.97. The molecule has 2 aromatic heterocycles. The molecule has 0 bridgehead atoms. The first kappa shape index (κ1) is 16.5. The van der Waals surface area contributed by atoms with Gasteiger partial charge in [0, 0.05) is 35.9 Å². The summed E-state index contributed by atoms with van der Waals surface area (Å²) in [5.41, 5.74) is 1.56. The molecule has 1 aromatic carbocycles. The number of benzene rings is 1. The number of hydrogen-bond donors (Lipinski definition) is 2. The van der Waals surface area contributed by atoms with Crippen molar-refractivity contribution >= 4 is 17.0 Å². The molecule has 0 atom stereocenters. The number of halogens is 1. The summed E-state index contributed by atoms with van der Waals surface area (Å²) in [7, 11) is 0. The molecule has 0 unspecified atom stereocenters. The molecule has 4 rings (SSSR count). The minimum atomic E-state index is -1.15. The number of hydrogen-bond acceptors (Lipinski definition) is 4. The van der Waals surface area contributed by atoms with Gasteiger partial charge in [-0.05, 0) is 44.0 Å². The lowest BCUT2D eigenvalue weighted by molar-refractivity contribution is 0.197. The molecular weight excluding hydrogens is 337 g/mol. The third-order valence-corrected chi connectivity index (χ3v) is 4.42. The van der Waals surface area contributed by atoms with E-state index in [1.54, 1.807) is 31.3 Å². The van der Waals surface area contributed by atoms with Gasteiger partial charge in [-0.1, -0.05) is 0 Å². The zero-order valence-electron chi connectivity index (χ0n) is 14.2. The third kappa shape index (κ3) is 3.13. The molecule has 0 amide bonds. The van der Waals surface area contributed by atoms with Gasteiger partial charge in [-0.25, -0.2) is 13.8 Å². The number of aromatic nitrogens is 2. The van der Waals surface area contributed by atoms with Crippen LogP contribution in [0.3, 0.4) is 0 Å². The number of ether oxygens (including phenoxy) is 1. The van der Waals surface area contributed by atoms with E-state index in [1.165, 1.54) is 25.0 Å². The Morgan fingerprint density at radius 2 is 2.19 bits per heavy atom. The Bertz CT molecular complexity index is 995. The van der Waals surface area contributed by atoms with E-state index >= 15 is 0 Å². The quantitative estimate of drug-likeness (QED) is 0.722. The fourth-order valence-electron chi connectivity index (χ4n) is 2.97.